The van der Waals surface area contributed by atoms with Gasteiger partial charge in [0.2, 0.25) is 0 Å². The predicted molar refractivity (Wildman–Crippen MR) is 129 cm³/mol. The third-order valence-electron chi connectivity index (χ3n) is 3.17. The van der Waals surface area contributed by atoms with Gasteiger partial charge in [-0.2, -0.15) is 5.26 Å². The quantitative estimate of drug-likeness (QED) is 0.374. The number of nitrogens with zero attached hydrogens (tertiary/aromatic N) is 3. The zero-order valence-corrected chi connectivity index (χ0v) is 19.8. The van der Waals surface area contributed by atoms with Gasteiger partial charge in [0.15, 0.2) is 0 Å². The van der Waals surface area contributed by atoms with Gasteiger partial charge in [-0.15, -0.1) is 11.3 Å². The number of aromatic amines is 1. The minimum absolute atomic E-state index is 0.492. The van der Waals surface area contributed by atoms with Crippen molar-refractivity contribution in [2.75, 3.05) is 7.05 Å². The van der Waals surface area contributed by atoms with Crippen molar-refractivity contribution in [1.82, 2.24) is 15.0 Å². The number of hydrogen-bond donors (Lipinski definition) is 2. The molecule has 0 spiro atoms. The molecule has 0 aliphatic rings. The third kappa shape index (κ3) is 9.84. The van der Waals surface area contributed by atoms with Crippen LogP contribution in [0.2, 0.25) is 0 Å². The van der Waals surface area contributed by atoms with Crippen LogP contribution in [-0.4, -0.2) is 22.0 Å². The summed E-state index contributed by atoms with van der Waals surface area (Å²) in [7, 11) is 1.50. The second-order valence-corrected chi connectivity index (χ2v) is 6.20. The highest BCUT2D eigenvalue weighted by molar-refractivity contribution is 7.12. The number of nitrogens with one attached hydrogen (secondary N) is 1. The number of thiazole rings is 1. The van der Waals surface area contributed by atoms with Crippen LogP contribution >= 0.6 is 11.3 Å². The second-order valence-electron chi connectivity index (χ2n) is 4.96. The van der Waals surface area contributed by atoms with Crippen molar-refractivity contribution in [3.05, 3.63) is 64.4 Å². The molecule has 0 atom stereocenters. The van der Waals surface area contributed by atoms with Crippen molar-refractivity contribution in [2.24, 2.45) is 5.73 Å². The van der Waals surface area contributed by atoms with E-state index in [1.165, 1.54) is 18.0 Å². The first-order chi connectivity index (χ1) is 14.0. The molecule has 0 saturated carbocycles. The number of nitriles is 1. The Bertz CT molecular complexity index is 897. The van der Waals surface area contributed by atoms with E-state index in [0.717, 1.165) is 21.1 Å². The van der Waals surface area contributed by atoms with E-state index in [1.807, 2.05) is 79.1 Å². The number of rotatable bonds is 2. The van der Waals surface area contributed by atoms with E-state index in [4.69, 9.17) is 5.26 Å². The highest BCUT2D eigenvalue weighted by atomic mass is 32.1. The summed E-state index contributed by atoms with van der Waals surface area (Å²) in [6, 6.07) is 6.17. The van der Waals surface area contributed by atoms with E-state index in [9.17, 15) is 0 Å². The minimum atomic E-state index is 0.492. The van der Waals surface area contributed by atoms with Crippen LogP contribution < -0.4 is 5.73 Å². The van der Waals surface area contributed by atoms with Crippen LogP contribution in [-0.2, 0) is 0 Å². The molecule has 0 radical (unpaired) electrons. The maximum Gasteiger partial charge on any atom is 0.137 e. The van der Waals surface area contributed by atoms with Crippen molar-refractivity contribution in [3.63, 3.8) is 0 Å². The molecule has 158 valence electrons. The van der Waals surface area contributed by atoms with Crippen molar-refractivity contribution in [2.45, 2.75) is 48.5 Å². The lowest BCUT2D eigenvalue weighted by Gasteiger charge is -1.98. The Morgan fingerprint density at radius 1 is 1.17 bits per heavy atom. The molecule has 0 unspecified atom stereocenters. The van der Waals surface area contributed by atoms with Gasteiger partial charge in [-0.25, -0.2) is 9.97 Å². The van der Waals surface area contributed by atoms with Crippen molar-refractivity contribution >= 4 is 27.9 Å². The van der Waals surface area contributed by atoms with E-state index in [1.54, 1.807) is 17.5 Å². The van der Waals surface area contributed by atoms with Crippen molar-refractivity contribution in [3.8, 4) is 6.07 Å². The molecule has 6 heteroatoms. The molecule has 3 rings (SSSR count). The largest absolute Gasteiger partial charge is 0.346 e. The molecule has 3 aromatic heterocycles. The van der Waals surface area contributed by atoms with Gasteiger partial charge in [-0.05, 0) is 45.5 Å². The molecule has 29 heavy (non-hydrogen) atoms. The van der Waals surface area contributed by atoms with E-state index < -0.39 is 0 Å². The number of hydrogen-bond acceptors (Lipinski definition) is 5. The highest BCUT2D eigenvalue weighted by Gasteiger charge is 2.07. The van der Waals surface area contributed by atoms with Crippen LogP contribution in [0.15, 0.2) is 49.0 Å². The fourth-order valence-corrected chi connectivity index (χ4v) is 2.94. The molecule has 3 heterocycles. The smallest absolute Gasteiger partial charge is 0.137 e. The average Bonchev–Trinajstić information content (AvgIpc) is 3.42. The van der Waals surface area contributed by atoms with Gasteiger partial charge in [0, 0.05) is 29.5 Å². The molecule has 0 aliphatic carbocycles. The summed E-state index contributed by atoms with van der Waals surface area (Å²) < 4.78 is 0. The lowest BCUT2D eigenvalue weighted by molar-refractivity contribution is 1.29. The predicted octanol–water partition coefficient (Wildman–Crippen LogP) is 6.43. The molecule has 5 nitrogen and oxygen atoms in total. The minimum Gasteiger partial charge on any atom is -0.346 e. The van der Waals surface area contributed by atoms with Crippen LogP contribution in [0.3, 0.4) is 0 Å². The fraction of sp³-hybridized carbons (Fsp3) is 0.348. The van der Waals surface area contributed by atoms with Gasteiger partial charge in [0.25, 0.3) is 0 Å². The fourth-order valence-electron chi connectivity index (χ4n) is 2.06. The first-order valence-electron chi connectivity index (χ1n) is 9.71. The van der Waals surface area contributed by atoms with E-state index in [-0.39, 0.29) is 0 Å². The molecule has 0 saturated heterocycles. The summed E-state index contributed by atoms with van der Waals surface area (Å²) in [6.45, 7) is 17.6. The number of aromatic nitrogens is 3. The van der Waals surface area contributed by atoms with Gasteiger partial charge in [0.05, 0.1) is 21.5 Å². The van der Waals surface area contributed by atoms with Crippen LogP contribution in [0.1, 0.15) is 50.1 Å². The monoisotopic (exact) mass is 413 g/mol. The van der Waals surface area contributed by atoms with Crippen LogP contribution in [0, 0.1) is 25.2 Å². The first-order valence-corrected chi connectivity index (χ1v) is 10.5. The highest BCUT2D eigenvalue weighted by Crippen LogP contribution is 2.26. The van der Waals surface area contributed by atoms with Crippen LogP contribution in [0.25, 0.3) is 16.6 Å². The summed E-state index contributed by atoms with van der Waals surface area (Å²) in [6.07, 6.45) is 7.42. The molecular formula is C23H35N5S. The molecule has 3 aromatic rings. The Balaban J connectivity index is 0. The topological polar surface area (TPSA) is 91.4 Å². The van der Waals surface area contributed by atoms with Gasteiger partial charge < -0.3 is 10.7 Å². The summed E-state index contributed by atoms with van der Waals surface area (Å²) >= 11 is 1.57. The van der Waals surface area contributed by atoms with Crippen LogP contribution in [0.4, 0.5) is 0 Å². The number of pyridine rings is 1. The Kier molecular flexibility index (Phi) is 17.0. The first kappa shape index (κ1) is 28.5. The van der Waals surface area contributed by atoms with E-state index in [2.05, 4.69) is 33.3 Å². The SMILES string of the molecule is C=C(C#N)/C(=C\C)c1cnc(C)s1.CC.CC.CN.Cc1cnc2[nH]ccc2c1. The zero-order chi connectivity index (χ0) is 22.8. The zero-order valence-electron chi connectivity index (χ0n) is 19.0. The van der Waals surface area contributed by atoms with Gasteiger partial charge in [-0.1, -0.05) is 40.3 Å². The summed E-state index contributed by atoms with van der Waals surface area (Å²) in [5, 5.41) is 10.9. The summed E-state index contributed by atoms with van der Waals surface area (Å²) in [4.78, 5) is 12.4. The molecule has 0 bridgehead atoms. The molecule has 0 aromatic carbocycles. The maximum atomic E-state index is 8.70. The molecule has 0 aliphatic heterocycles. The molecule has 3 N–H and O–H groups in total. The van der Waals surface area contributed by atoms with E-state index >= 15 is 0 Å². The van der Waals surface area contributed by atoms with Gasteiger partial charge in [0.1, 0.15) is 5.65 Å². The Morgan fingerprint density at radius 3 is 2.28 bits per heavy atom. The standard InChI is InChI=1S/C10H10N2S.C8H8N2.2C2H6.CH5N/c1-4-9(7(2)5-11)10-6-12-8(3)13-10;1-6-4-7-2-3-9-8(7)10-5-6;3*1-2/h4,6H,2H2,1,3H3;2-5H,1H3,(H,9,10);2*1-2H3;2H2,1H3/b9-4+;;;;. The molecular weight excluding hydrogens is 378 g/mol. The van der Waals surface area contributed by atoms with E-state index in [0.29, 0.717) is 5.57 Å². The van der Waals surface area contributed by atoms with Gasteiger partial charge >= 0.3 is 0 Å². The average molecular weight is 414 g/mol. The number of fused-ring (bicyclic) bond motifs is 1. The number of aryl methyl sites for hydroxylation is 2. The Hall–Kier alpha value is -2.75. The van der Waals surface area contributed by atoms with Gasteiger partial charge in [-0.3, -0.25) is 0 Å². The molecule has 0 fully saturated rings. The summed E-state index contributed by atoms with van der Waals surface area (Å²) in [5.41, 5.74) is 8.04. The summed E-state index contributed by atoms with van der Waals surface area (Å²) in [5.74, 6) is 0. The lowest BCUT2D eigenvalue weighted by atomic mass is 10.1. The number of H-pyrrole nitrogens is 1. The number of nitrogens with two attached hydrogens (primary N) is 1. The Labute approximate surface area is 180 Å². The molecule has 0 amide bonds. The number of allylic oxidation sites excluding steroid dienone is 3. The maximum absolute atomic E-state index is 8.70. The second kappa shape index (κ2) is 17.4. The normalized spacial score (nSPS) is 9.17. The lowest BCUT2D eigenvalue weighted by Crippen LogP contribution is -1.81. The van der Waals surface area contributed by atoms with Crippen LogP contribution in [0.5, 0.6) is 0 Å². The van der Waals surface area contributed by atoms with Crippen molar-refractivity contribution < 1.29 is 0 Å². The van der Waals surface area contributed by atoms with Crippen molar-refractivity contribution in [1.29, 1.82) is 5.26 Å². The Morgan fingerprint density at radius 2 is 1.79 bits per heavy atom. The third-order valence-corrected chi connectivity index (χ3v) is 4.12.